The molecule has 1 N–H and O–H groups in total. The average molecular weight is 542 g/mol. The summed E-state index contributed by atoms with van der Waals surface area (Å²) in [5.41, 5.74) is 3.40. The van der Waals surface area contributed by atoms with Gasteiger partial charge in [0.25, 0.3) is 0 Å². The summed E-state index contributed by atoms with van der Waals surface area (Å²) in [6.45, 7) is 1.96. The summed E-state index contributed by atoms with van der Waals surface area (Å²) in [5, 5.41) is 13.5. The second kappa shape index (κ2) is 8.17. The molecule has 1 spiro atoms. The molecule has 1 unspecified atom stereocenters. The number of hydrogen-bond acceptors (Lipinski definition) is 5. The zero-order chi connectivity index (χ0) is 25.5. The van der Waals surface area contributed by atoms with Gasteiger partial charge in [0.1, 0.15) is 16.4 Å². The third-order valence-electron chi connectivity index (χ3n) is 8.17. The molecule has 2 fully saturated rings. The SMILES string of the molecule is Cc1nnc2n1-c1sc3c(c1C(c1ccccc1Cl)=NC21CC1)C[C@H](C(=O)NC1CCCC(F)(F)C1)C3. The van der Waals surface area contributed by atoms with Crippen LogP contribution in [0.5, 0.6) is 0 Å². The molecular weight excluding hydrogens is 516 g/mol. The highest BCUT2D eigenvalue weighted by molar-refractivity contribution is 7.15. The molecule has 3 aliphatic carbocycles. The number of aromatic nitrogens is 3. The lowest BCUT2D eigenvalue weighted by atomic mass is 9.91. The van der Waals surface area contributed by atoms with Crippen LogP contribution in [-0.4, -0.2) is 38.3 Å². The summed E-state index contributed by atoms with van der Waals surface area (Å²) in [7, 11) is 0. The van der Waals surface area contributed by atoms with Crippen LogP contribution in [-0.2, 0) is 23.2 Å². The number of aryl methyl sites for hydroxylation is 1. The first-order chi connectivity index (χ1) is 17.7. The van der Waals surface area contributed by atoms with E-state index in [2.05, 4.69) is 20.1 Å². The molecule has 0 radical (unpaired) electrons. The minimum absolute atomic E-state index is 0.0949. The maximum atomic E-state index is 13.9. The van der Waals surface area contributed by atoms with Crippen LogP contribution in [0.2, 0.25) is 5.02 Å². The largest absolute Gasteiger partial charge is 0.353 e. The number of aliphatic imine (C=N–C) groups is 1. The van der Waals surface area contributed by atoms with Crippen LogP contribution in [0, 0.1) is 12.8 Å². The first-order valence-corrected chi connectivity index (χ1v) is 14.0. The van der Waals surface area contributed by atoms with Gasteiger partial charge in [-0.15, -0.1) is 21.5 Å². The fourth-order valence-corrected chi connectivity index (χ4v) is 7.83. The van der Waals surface area contributed by atoms with Crippen LogP contribution in [0.25, 0.3) is 5.00 Å². The third kappa shape index (κ3) is 3.76. The number of alkyl halides is 2. The number of fused-ring (bicyclic) bond motifs is 6. The van der Waals surface area contributed by atoms with Gasteiger partial charge in [-0.3, -0.25) is 14.4 Å². The van der Waals surface area contributed by atoms with E-state index in [0.717, 1.165) is 56.8 Å². The molecule has 2 aromatic heterocycles. The molecule has 4 aliphatic rings. The smallest absolute Gasteiger partial charge is 0.250 e. The third-order valence-corrected chi connectivity index (χ3v) is 9.74. The van der Waals surface area contributed by atoms with Crippen molar-refractivity contribution in [1.29, 1.82) is 0 Å². The summed E-state index contributed by atoms with van der Waals surface area (Å²) >= 11 is 8.36. The number of amides is 1. The van der Waals surface area contributed by atoms with Gasteiger partial charge in [-0.25, -0.2) is 8.78 Å². The van der Waals surface area contributed by atoms with Gasteiger partial charge in [0.15, 0.2) is 5.82 Å². The lowest BCUT2D eigenvalue weighted by Crippen LogP contribution is -2.44. The molecule has 2 atom stereocenters. The summed E-state index contributed by atoms with van der Waals surface area (Å²) in [4.78, 5) is 19.7. The Morgan fingerprint density at radius 3 is 2.76 bits per heavy atom. The van der Waals surface area contributed by atoms with E-state index < -0.39 is 17.5 Å². The normalized spacial score (nSPS) is 24.6. The van der Waals surface area contributed by atoms with Crippen LogP contribution >= 0.6 is 22.9 Å². The summed E-state index contributed by atoms with van der Waals surface area (Å²) in [6.07, 6.45) is 3.59. The molecule has 192 valence electrons. The second-order valence-electron chi connectivity index (χ2n) is 10.8. The lowest BCUT2D eigenvalue weighted by Gasteiger charge is -2.30. The number of benzene rings is 1. The van der Waals surface area contributed by atoms with Crippen molar-refractivity contribution < 1.29 is 13.6 Å². The summed E-state index contributed by atoms with van der Waals surface area (Å²) in [6, 6.07) is 7.26. The molecule has 3 heterocycles. The molecule has 1 amide bonds. The Balaban J connectivity index is 1.28. The van der Waals surface area contributed by atoms with Crippen molar-refractivity contribution in [3.63, 3.8) is 0 Å². The highest BCUT2D eigenvalue weighted by atomic mass is 35.5. The molecule has 10 heteroatoms. The number of thiophene rings is 1. The van der Waals surface area contributed by atoms with Gasteiger partial charge in [-0.05, 0) is 57.1 Å². The Morgan fingerprint density at radius 1 is 1.19 bits per heavy atom. The topological polar surface area (TPSA) is 72.2 Å². The number of carbonyl (C=O) groups excluding carboxylic acids is 1. The zero-order valence-electron chi connectivity index (χ0n) is 20.4. The van der Waals surface area contributed by atoms with E-state index in [4.69, 9.17) is 16.6 Å². The monoisotopic (exact) mass is 541 g/mol. The van der Waals surface area contributed by atoms with E-state index in [9.17, 15) is 13.6 Å². The van der Waals surface area contributed by atoms with E-state index in [0.29, 0.717) is 30.7 Å². The molecular formula is C27H26ClF2N5OS. The van der Waals surface area contributed by atoms with Crippen LogP contribution in [0.1, 0.15) is 71.7 Å². The van der Waals surface area contributed by atoms with Gasteiger partial charge >= 0.3 is 0 Å². The molecule has 6 nitrogen and oxygen atoms in total. The Bertz CT molecular complexity index is 1470. The maximum Gasteiger partial charge on any atom is 0.250 e. The first-order valence-electron chi connectivity index (χ1n) is 12.9. The predicted octanol–water partition coefficient (Wildman–Crippen LogP) is 5.54. The molecule has 0 bridgehead atoms. The van der Waals surface area contributed by atoms with E-state index >= 15 is 0 Å². The lowest BCUT2D eigenvalue weighted by molar-refractivity contribution is -0.126. The number of halogens is 3. The molecule has 1 aliphatic heterocycles. The maximum absolute atomic E-state index is 13.9. The van der Waals surface area contributed by atoms with Crippen LogP contribution in [0.3, 0.4) is 0 Å². The van der Waals surface area contributed by atoms with Gasteiger partial charge in [-0.2, -0.15) is 0 Å². The second-order valence-corrected chi connectivity index (χ2v) is 12.3. The summed E-state index contributed by atoms with van der Waals surface area (Å²) < 4.78 is 30.0. The van der Waals surface area contributed by atoms with E-state index in [1.165, 1.54) is 0 Å². The van der Waals surface area contributed by atoms with Crippen LogP contribution in [0.15, 0.2) is 29.3 Å². The number of nitrogens with one attached hydrogen (secondary N) is 1. The van der Waals surface area contributed by atoms with Gasteiger partial charge in [0, 0.05) is 45.8 Å². The fraction of sp³-hybridized carbons (Fsp3) is 0.481. The molecule has 37 heavy (non-hydrogen) atoms. The number of hydrogen-bond donors (Lipinski definition) is 1. The Morgan fingerprint density at radius 2 is 2.00 bits per heavy atom. The van der Waals surface area contributed by atoms with Crippen molar-refractivity contribution in [3.8, 4) is 5.00 Å². The van der Waals surface area contributed by atoms with E-state index in [1.54, 1.807) is 11.3 Å². The fourth-order valence-electron chi connectivity index (χ4n) is 6.15. The highest BCUT2D eigenvalue weighted by Crippen LogP contribution is 2.54. The van der Waals surface area contributed by atoms with Crippen molar-refractivity contribution in [2.24, 2.45) is 10.9 Å². The van der Waals surface area contributed by atoms with Crippen LogP contribution < -0.4 is 5.32 Å². The Kier molecular flexibility index (Phi) is 5.18. The van der Waals surface area contributed by atoms with Crippen molar-refractivity contribution in [2.45, 2.75) is 75.8 Å². The molecule has 0 saturated heterocycles. The van der Waals surface area contributed by atoms with Crippen molar-refractivity contribution in [1.82, 2.24) is 20.1 Å². The Hall–Kier alpha value is -2.65. The molecule has 2 saturated carbocycles. The Labute approximate surface area is 222 Å². The number of nitrogens with zero attached hydrogens (tertiary/aromatic N) is 4. The first kappa shape index (κ1) is 23.5. The molecule has 1 aromatic carbocycles. The summed E-state index contributed by atoms with van der Waals surface area (Å²) in [5.74, 6) is -1.44. The number of carbonyl (C=O) groups is 1. The highest BCUT2D eigenvalue weighted by Gasteiger charge is 2.52. The molecule has 3 aromatic rings. The van der Waals surface area contributed by atoms with Crippen LogP contribution in [0.4, 0.5) is 8.78 Å². The standard InChI is InChI=1S/C27H26ClF2N5OS/c1-14-33-34-25-26(9-10-26)32-22(17-6-2-3-7-19(17)28)21-18-11-15(12-20(18)37-24(21)35(14)25)23(36)31-16-5-4-8-27(29,30)13-16/h2-3,6-7,15-16H,4-5,8-13H2,1H3,(H,31,36)/t15-,16?/m0/s1. The number of rotatable bonds is 3. The van der Waals surface area contributed by atoms with Crippen molar-refractivity contribution >= 4 is 34.6 Å². The molecule has 7 rings (SSSR count). The zero-order valence-corrected chi connectivity index (χ0v) is 21.9. The quantitative estimate of drug-likeness (QED) is 0.473. The van der Waals surface area contributed by atoms with Gasteiger partial charge < -0.3 is 5.32 Å². The van der Waals surface area contributed by atoms with E-state index in [1.807, 2.05) is 31.2 Å². The minimum atomic E-state index is -2.70. The van der Waals surface area contributed by atoms with Gasteiger partial charge in [0.05, 0.1) is 5.71 Å². The minimum Gasteiger partial charge on any atom is -0.353 e. The average Bonchev–Trinajstić information content (AvgIpc) is 3.18. The van der Waals surface area contributed by atoms with E-state index in [-0.39, 0.29) is 24.7 Å². The predicted molar refractivity (Wildman–Crippen MR) is 138 cm³/mol. The van der Waals surface area contributed by atoms with Crippen molar-refractivity contribution in [2.75, 3.05) is 0 Å². The van der Waals surface area contributed by atoms with Gasteiger partial charge in [0.2, 0.25) is 11.8 Å². The van der Waals surface area contributed by atoms with Crippen molar-refractivity contribution in [3.05, 3.63) is 62.5 Å². The van der Waals surface area contributed by atoms with Gasteiger partial charge in [-0.1, -0.05) is 29.8 Å².